The molecule has 0 atom stereocenters. The Kier molecular flexibility index (Phi) is 2.22. The summed E-state index contributed by atoms with van der Waals surface area (Å²) in [5.74, 6) is 0. The summed E-state index contributed by atoms with van der Waals surface area (Å²) in [6, 6.07) is 3.82. The minimum absolute atomic E-state index is 0.226. The first-order valence-corrected chi connectivity index (χ1v) is 5.10. The van der Waals surface area contributed by atoms with Gasteiger partial charge in [-0.05, 0) is 31.0 Å². The smallest absolute Gasteiger partial charge is 0.296 e. The summed E-state index contributed by atoms with van der Waals surface area (Å²) < 4.78 is 2.65. The fourth-order valence-electron chi connectivity index (χ4n) is 2.07. The number of nitrogens with zero attached hydrogens (tertiary/aromatic N) is 2. The first-order valence-electron chi connectivity index (χ1n) is 5.10. The van der Waals surface area contributed by atoms with E-state index < -0.39 is 0 Å². The summed E-state index contributed by atoms with van der Waals surface area (Å²) in [5.41, 5.74) is 2.14. The summed E-state index contributed by atoms with van der Waals surface area (Å²) in [7, 11) is 3.19. The number of hydrogen-bond donors (Lipinski definition) is 0. The second-order valence-corrected chi connectivity index (χ2v) is 4.18. The van der Waals surface area contributed by atoms with Gasteiger partial charge in [-0.25, -0.2) is 4.79 Å². The lowest BCUT2D eigenvalue weighted by atomic mass is 10.1. The van der Waals surface area contributed by atoms with E-state index in [2.05, 4.69) is 0 Å². The summed E-state index contributed by atoms with van der Waals surface area (Å²) in [4.78, 5) is 23.7. The van der Waals surface area contributed by atoms with Crippen molar-refractivity contribution in [3.05, 3.63) is 44.1 Å². The Morgan fingerprint density at radius 3 is 2.25 bits per heavy atom. The van der Waals surface area contributed by atoms with E-state index >= 15 is 0 Å². The van der Waals surface area contributed by atoms with Crippen molar-refractivity contribution >= 4 is 10.9 Å². The number of hydrogen-bond acceptors (Lipinski definition) is 2. The molecule has 0 radical (unpaired) electrons. The van der Waals surface area contributed by atoms with Crippen LogP contribution >= 0.6 is 0 Å². The number of aromatic nitrogens is 2. The predicted molar refractivity (Wildman–Crippen MR) is 63.9 cm³/mol. The van der Waals surface area contributed by atoms with Crippen molar-refractivity contribution in [3.8, 4) is 0 Å². The van der Waals surface area contributed by atoms with E-state index in [-0.39, 0.29) is 11.2 Å². The van der Waals surface area contributed by atoms with Gasteiger partial charge in [0.25, 0.3) is 5.56 Å². The normalized spacial score (nSPS) is 11.0. The third kappa shape index (κ3) is 1.30. The van der Waals surface area contributed by atoms with E-state index in [0.717, 1.165) is 15.7 Å². The first-order chi connectivity index (χ1) is 7.43. The Hall–Kier alpha value is -1.84. The molecule has 0 aliphatic heterocycles. The van der Waals surface area contributed by atoms with Crippen molar-refractivity contribution in [2.24, 2.45) is 14.1 Å². The molecule has 2 aromatic rings. The lowest BCUT2D eigenvalue weighted by Gasteiger charge is -2.10. The van der Waals surface area contributed by atoms with Crippen LogP contribution in [0.1, 0.15) is 11.1 Å². The van der Waals surface area contributed by atoms with Crippen molar-refractivity contribution in [2.45, 2.75) is 13.8 Å². The van der Waals surface area contributed by atoms with E-state index in [0.29, 0.717) is 10.9 Å². The van der Waals surface area contributed by atoms with Gasteiger partial charge in [0.05, 0.1) is 10.9 Å². The number of aryl methyl sites for hydroxylation is 3. The molecule has 1 aromatic heterocycles. The predicted octanol–water partition coefficient (Wildman–Crippen LogP) is 0.854. The first kappa shape index (κ1) is 10.7. The average Bonchev–Trinajstić information content (AvgIpc) is 2.22. The zero-order valence-electron chi connectivity index (χ0n) is 9.87. The fourth-order valence-corrected chi connectivity index (χ4v) is 2.07. The number of fused-ring (bicyclic) bond motifs is 1. The molecule has 0 saturated carbocycles. The van der Waals surface area contributed by atoms with Crippen molar-refractivity contribution in [2.75, 3.05) is 0 Å². The van der Waals surface area contributed by atoms with Crippen LogP contribution in [-0.2, 0) is 14.1 Å². The maximum absolute atomic E-state index is 12.0. The van der Waals surface area contributed by atoms with Crippen LogP contribution in [0.4, 0.5) is 0 Å². The third-order valence-electron chi connectivity index (χ3n) is 2.91. The molecule has 2 rings (SSSR count). The summed E-state index contributed by atoms with van der Waals surface area (Å²) in [5, 5.41) is 0.621. The molecule has 1 aromatic carbocycles. The van der Waals surface area contributed by atoms with Crippen molar-refractivity contribution in [1.29, 1.82) is 0 Å². The average molecular weight is 218 g/mol. The molecule has 0 amide bonds. The Bertz CT molecular complexity index is 693. The van der Waals surface area contributed by atoms with Crippen LogP contribution in [0.5, 0.6) is 0 Å². The van der Waals surface area contributed by atoms with Crippen LogP contribution in [0.25, 0.3) is 10.9 Å². The highest BCUT2D eigenvalue weighted by Gasteiger charge is 2.10. The maximum atomic E-state index is 12.0. The molecule has 0 unspecified atom stereocenters. The highest BCUT2D eigenvalue weighted by molar-refractivity contribution is 5.82. The highest BCUT2D eigenvalue weighted by atomic mass is 16.2. The molecule has 0 N–H and O–H groups in total. The molecule has 0 saturated heterocycles. The quantitative estimate of drug-likeness (QED) is 0.658. The molecular formula is C12H14N2O2. The monoisotopic (exact) mass is 218 g/mol. The summed E-state index contributed by atoms with van der Waals surface area (Å²) in [6.45, 7) is 3.84. The van der Waals surface area contributed by atoms with Gasteiger partial charge in [0.2, 0.25) is 0 Å². The van der Waals surface area contributed by atoms with Gasteiger partial charge in [-0.3, -0.25) is 13.9 Å². The number of benzene rings is 1. The van der Waals surface area contributed by atoms with Crippen molar-refractivity contribution in [3.63, 3.8) is 0 Å². The Balaban J connectivity index is 3.22. The Labute approximate surface area is 92.8 Å². The van der Waals surface area contributed by atoms with Crippen LogP contribution < -0.4 is 11.2 Å². The lowest BCUT2D eigenvalue weighted by molar-refractivity contribution is 0.713. The Morgan fingerprint density at radius 1 is 1.00 bits per heavy atom. The second-order valence-electron chi connectivity index (χ2n) is 4.18. The Morgan fingerprint density at radius 2 is 1.62 bits per heavy atom. The van der Waals surface area contributed by atoms with Gasteiger partial charge in [0.1, 0.15) is 0 Å². The maximum Gasteiger partial charge on any atom is 0.330 e. The molecule has 0 aliphatic carbocycles. The molecule has 1 heterocycles. The van der Waals surface area contributed by atoms with Crippen molar-refractivity contribution < 1.29 is 0 Å². The highest BCUT2D eigenvalue weighted by Crippen LogP contribution is 2.15. The molecule has 0 fully saturated rings. The summed E-state index contributed by atoms with van der Waals surface area (Å²) >= 11 is 0. The van der Waals surface area contributed by atoms with Gasteiger partial charge in [-0.1, -0.05) is 6.07 Å². The van der Waals surface area contributed by atoms with Gasteiger partial charge in [0.15, 0.2) is 0 Å². The van der Waals surface area contributed by atoms with E-state index in [1.807, 2.05) is 26.0 Å². The third-order valence-corrected chi connectivity index (χ3v) is 2.91. The summed E-state index contributed by atoms with van der Waals surface area (Å²) in [6.07, 6.45) is 0. The zero-order chi connectivity index (χ0) is 12.0. The minimum atomic E-state index is -0.289. The number of rotatable bonds is 0. The van der Waals surface area contributed by atoms with Gasteiger partial charge < -0.3 is 0 Å². The largest absolute Gasteiger partial charge is 0.330 e. The van der Waals surface area contributed by atoms with E-state index in [4.69, 9.17) is 0 Å². The molecule has 0 spiro atoms. The SMILES string of the molecule is Cc1cc(C)c2c(=O)n(C)c(=O)n(C)c2c1. The topological polar surface area (TPSA) is 44.0 Å². The van der Waals surface area contributed by atoms with Crippen LogP contribution in [0.2, 0.25) is 0 Å². The lowest BCUT2D eigenvalue weighted by Crippen LogP contribution is -2.37. The van der Waals surface area contributed by atoms with Crippen molar-refractivity contribution in [1.82, 2.24) is 9.13 Å². The molecule has 84 valence electrons. The van der Waals surface area contributed by atoms with Gasteiger partial charge in [0, 0.05) is 14.1 Å². The van der Waals surface area contributed by atoms with Gasteiger partial charge in [-0.2, -0.15) is 0 Å². The van der Waals surface area contributed by atoms with E-state index in [1.165, 1.54) is 11.6 Å². The minimum Gasteiger partial charge on any atom is -0.296 e. The molecular weight excluding hydrogens is 204 g/mol. The molecule has 16 heavy (non-hydrogen) atoms. The van der Waals surface area contributed by atoms with Crippen LogP contribution in [0.15, 0.2) is 21.7 Å². The molecule has 4 nitrogen and oxygen atoms in total. The van der Waals surface area contributed by atoms with E-state index in [1.54, 1.807) is 7.05 Å². The van der Waals surface area contributed by atoms with Crippen LogP contribution in [0.3, 0.4) is 0 Å². The van der Waals surface area contributed by atoms with Crippen LogP contribution in [0, 0.1) is 13.8 Å². The molecule has 4 heteroatoms. The van der Waals surface area contributed by atoms with Gasteiger partial charge >= 0.3 is 5.69 Å². The molecule has 0 aliphatic rings. The van der Waals surface area contributed by atoms with Gasteiger partial charge in [-0.15, -0.1) is 0 Å². The standard InChI is InChI=1S/C12H14N2O2/c1-7-5-8(2)10-9(6-7)13(3)12(16)14(4)11(10)15/h5-6H,1-4H3. The van der Waals surface area contributed by atoms with E-state index in [9.17, 15) is 9.59 Å². The van der Waals surface area contributed by atoms with Crippen LogP contribution in [-0.4, -0.2) is 9.13 Å². The zero-order valence-corrected chi connectivity index (χ0v) is 9.87. The second kappa shape index (κ2) is 3.33. The molecule has 0 bridgehead atoms. The fraction of sp³-hybridized carbons (Fsp3) is 0.333.